The molecule has 0 radical (unpaired) electrons. The second-order valence-electron chi connectivity index (χ2n) is 3.93. The number of benzene rings is 1. The Morgan fingerprint density at radius 1 is 1.44 bits per heavy atom. The van der Waals surface area contributed by atoms with E-state index < -0.39 is 0 Å². The Morgan fingerprint density at radius 3 is 2.94 bits per heavy atom. The zero-order valence-corrected chi connectivity index (χ0v) is 10.1. The van der Waals surface area contributed by atoms with Gasteiger partial charge in [-0.25, -0.2) is 0 Å². The maximum atomic E-state index is 6.09. The molecule has 0 spiro atoms. The summed E-state index contributed by atoms with van der Waals surface area (Å²) in [4.78, 5) is 0. The SMILES string of the molecule is COCOc1c(Cl)cccc1CNC1CC1. The lowest BCUT2D eigenvalue weighted by Gasteiger charge is -2.12. The third-order valence-corrected chi connectivity index (χ3v) is 2.83. The van der Waals surface area contributed by atoms with E-state index in [4.69, 9.17) is 21.1 Å². The fourth-order valence-electron chi connectivity index (χ4n) is 1.51. The van der Waals surface area contributed by atoms with Crippen LogP contribution in [0.1, 0.15) is 18.4 Å². The minimum absolute atomic E-state index is 0.222. The van der Waals surface area contributed by atoms with E-state index in [2.05, 4.69) is 5.32 Å². The Bertz CT molecular complexity index is 353. The third-order valence-electron chi connectivity index (χ3n) is 2.53. The van der Waals surface area contributed by atoms with Gasteiger partial charge in [-0.3, -0.25) is 0 Å². The van der Waals surface area contributed by atoms with E-state index in [0.717, 1.165) is 17.9 Å². The molecule has 0 bridgehead atoms. The molecule has 1 aliphatic carbocycles. The number of hydrogen-bond donors (Lipinski definition) is 1. The highest BCUT2D eigenvalue weighted by molar-refractivity contribution is 6.32. The van der Waals surface area contributed by atoms with Crippen molar-refractivity contribution in [2.24, 2.45) is 0 Å². The molecular weight excluding hydrogens is 226 g/mol. The van der Waals surface area contributed by atoms with Gasteiger partial charge in [0.1, 0.15) is 5.75 Å². The summed E-state index contributed by atoms with van der Waals surface area (Å²) in [6.45, 7) is 1.02. The highest BCUT2D eigenvalue weighted by Gasteiger charge is 2.20. The van der Waals surface area contributed by atoms with E-state index in [1.54, 1.807) is 7.11 Å². The molecule has 1 aromatic carbocycles. The van der Waals surface area contributed by atoms with Crippen LogP contribution < -0.4 is 10.1 Å². The number of nitrogens with one attached hydrogen (secondary N) is 1. The van der Waals surface area contributed by atoms with Crippen molar-refractivity contribution in [3.05, 3.63) is 28.8 Å². The maximum Gasteiger partial charge on any atom is 0.188 e. The van der Waals surface area contributed by atoms with Crippen molar-refractivity contribution in [1.29, 1.82) is 0 Å². The summed E-state index contributed by atoms with van der Waals surface area (Å²) in [6.07, 6.45) is 2.55. The Hall–Kier alpha value is -0.770. The summed E-state index contributed by atoms with van der Waals surface area (Å²) >= 11 is 6.09. The largest absolute Gasteiger partial charge is 0.466 e. The van der Waals surface area contributed by atoms with Crippen LogP contribution >= 0.6 is 11.6 Å². The van der Waals surface area contributed by atoms with Crippen molar-refractivity contribution < 1.29 is 9.47 Å². The van der Waals surface area contributed by atoms with Crippen molar-refractivity contribution in [2.45, 2.75) is 25.4 Å². The normalized spacial score (nSPS) is 15.1. The molecule has 88 valence electrons. The first-order valence-corrected chi connectivity index (χ1v) is 5.81. The molecule has 0 heterocycles. The smallest absolute Gasteiger partial charge is 0.188 e. The van der Waals surface area contributed by atoms with E-state index in [9.17, 15) is 0 Å². The molecule has 0 amide bonds. The van der Waals surface area contributed by atoms with E-state index in [1.807, 2.05) is 18.2 Å². The first-order chi connectivity index (χ1) is 7.81. The van der Waals surface area contributed by atoms with Gasteiger partial charge in [-0.2, -0.15) is 0 Å². The Labute approximate surface area is 101 Å². The molecule has 16 heavy (non-hydrogen) atoms. The van der Waals surface area contributed by atoms with Gasteiger partial charge in [0.2, 0.25) is 0 Å². The third kappa shape index (κ3) is 3.11. The molecule has 3 nitrogen and oxygen atoms in total. The van der Waals surface area contributed by atoms with Gasteiger partial charge in [0, 0.05) is 25.3 Å². The topological polar surface area (TPSA) is 30.5 Å². The number of halogens is 1. The zero-order chi connectivity index (χ0) is 11.4. The first kappa shape index (κ1) is 11.7. The minimum Gasteiger partial charge on any atom is -0.466 e. The summed E-state index contributed by atoms with van der Waals surface area (Å²) in [5.41, 5.74) is 1.08. The summed E-state index contributed by atoms with van der Waals surface area (Å²) in [7, 11) is 1.60. The molecule has 0 atom stereocenters. The lowest BCUT2D eigenvalue weighted by Crippen LogP contribution is -2.16. The predicted octanol–water partition coefficient (Wildman–Crippen LogP) is 2.57. The van der Waals surface area contributed by atoms with E-state index in [0.29, 0.717) is 11.1 Å². The standard InChI is InChI=1S/C12H16ClNO2/c1-15-8-16-12-9(3-2-4-11(12)13)7-14-10-5-6-10/h2-4,10,14H,5-8H2,1H3. The second-order valence-corrected chi connectivity index (χ2v) is 4.34. The molecule has 0 unspecified atom stereocenters. The van der Waals surface area contributed by atoms with Gasteiger partial charge in [0.15, 0.2) is 6.79 Å². The van der Waals surface area contributed by atoms with Crippen molar-refractivity contribution in [3.63, 3.8) is 0 Å². The Morgan fingerprint density at radius 2 is 2.25 bits per heavy atom. The van der Waals surface area contributed by atoms with Crippen LogP contribution in [0, 0.1) is 0 Å². The number of methoxy groups -OCH3 is 1. The summed E-state index contributed by atoms with van der Waals surface area (Å²) in [5, 5.41) is 4.07. The van der Waals surface area contributed by atoms with Crippen LogP contribution in [-0.4, -0.2) is 19.9 Å². The van der Waals surface area contributed by atoms with Gasteiger partial charge >= 0.3 is 0 Å². The maximum absolute atomic E-state index is 6.09. The van der Waals surface area contributed by atoms with Crippen molar-refractivity contribution in [2.75, 3.05) is 13.9 Å². The molecule has 0 saturated heterocycles. The van der Waals surface area contributed by atoms with Gasteiger partial charge < -0.3 is 14.8 Å². The van der Waals surface area contributed by atoms with Crippen LogP contribution in [0.25, 0.3) is 0 Å². The highest BCUT2D eigenvalue weighted by Crippen LogP contribution is 2.29. The van der Waals surface area contributed by atoms with Crippen LogP contribution in [0.2, 0.25) is 5.02 Å². The lowest BCUT2D eigenvalue weighted by atomic mass is 10.2. The van der Waals surface area contributed by atoms with Crippen LogP contribution in [0.15, 0.2) is 18.2 Å². The Balaban J connectivity index is 2.04. The number of rotatable bonds is 6. The first-order valence-electron chi connectivity index (χ1n) is 5.44. The minimum atomic E-state index is 0.222. The Kier molecular flexibility index (Phi) is 4.04. The molecule has 2 rings (SSSR count). The molecule has 1 saturated carbocycles. The average Bonchev–Trinajstić information content (AvgIpc) is 3.09. The molecule has 1 N–H and O–H groups in total. The monoisotopic (exact) mass is 241 g/mol. The van der Waals surface area contributed by atoms with E-state index >= 15 is 0 Å². The number of para-hydroxylation sites is 1. The van der Waals surface area contributed by atoms with E-state index in [-0.39, 0.29) is 6.79 Å². The van der Waals surface area contributed by atoms with Gasteiger partial charge in [-0.15, -0.1) is 0 Å². The summed E-state index contributed by atoms with van der Waals surface area (Å²) in [5.74, 6) is 0.721. The highest BCUT2D eigenvalue weighted by atomic mass is 35.5. The quantitative estimate of drug-likeness (QED) is 0.777. The zero-order valence-electron chi connectivity index (χ0n) is 9.33. The number of ether oxygens (including phenoxy) is 2. The molecule has 4 heteroatoms. The number of hydrogen-bond acceptors (Lipinski definition) is 3. The van der Waals surface area contributed by atoms with Gasteiger partial charge in [0.05, 0.1) is 5.02 Å². The predicted molar refractivity (Wildman–Crippen MR) is 63.8 cm³/mol. The molecule has 1 aromatic rings. The molecule has 1 aliphatic rings. The fourth-order valence-corrected chi connectivity index (χ4v) is 1.76. The van der Waals surface area contributed by atoms with Gasteiger partial charge in [-0.05, 0) is 18.9 Å². The van der Waals surface area contributed by atoms with Crippen LogP contribution in [0.3, 0.4) is 0 Å². The van der Waals surface area contributed by atoms with Crippen LogP contribution in [0.4, 0.5) is 0 Å². The van der Waals surface area contributed by atoms with Gasteiger partial charge in [0.25, 0.3) is 0 Å². The summed E-state index contributed by atoms with van der Waals surface area (Å²) in [6, 6.07) is 6.46. The van der Waals surface area contributed by atoms with Crippen molar-refractivity contribution >= 4 is 11.6 Å². The van der Waals surface area contributed by atoms with Crippen molar-refractivity contribution in [1.82, 2.24) is 5.32 Å². The van der Waals surface area contributed by atoms with Gasteiger partial charge in [-0.1, -0.05) is 23.7 Å². The van der Waals surface area contributed by atoms with Crippen LogP contribution in [-0.2, 0) is 11.3 Å². The molecule has 0 aromatic heterocycles. The van der Waals surface area contributed by atoms with Crippen molar-refractivity contribution in [3.8, 4) is 5.75 Å². The lowest BCUT2D eigenvalue weighted by molar-refractivity contribution is 0.0504. The van der Waals surface area contributed by atoms with E-state index in [1.165, 1.54) is 12.8 Å². The average molecular weight is 242 g/mol. The molecule has 0 aliphatic heterocycles. The second kappa shape index (κ2) is 5.53. The molecular formula is C12H16ClNO2. The summed E-state index contributed by atoms with van der Waals surface area (Å²) < 4.78 is 10.4. The molecule has 1 fully saturated rings. The van der Waals surface area contributed by atoms with Crippen LogP contribution in [0.5, 0.6) is 5.75 Å². The fraction of sp³-hybridized carbons (Fsp3) is 0.500.